The lowest BCUT2D eigenvalue weighted by atomic mass is 9.97. The molecular formula is C21H19F3N2O3S. The van der Waals surface area contributed by atoms with Crippen LogP contribution in [0.4, 0.5) is 13.2 Å². The number of thiophene rings is 1. The van der Waals surface area contributed by atoms with Crippen molar-refractivity contribution in [3.63, 3.8) is 0 Å². The predicted molar refractivity (Wildman–Crippen MR) is 106 cm³/mol. The van der Waals surface area contributed by atoms with Crippen molar-refractivity contribution < 1.29 is 27.8 Å². The van der Waals surface area contributed by atoms with Crippen LogP contribution in [0.1, 0.15) is 29.5 Å². The van der Waals surface area contributed by atoms with Gasteiger partial charge >= 0.3 is 12.1 Å². The van der Waals surface area contributed by atoms with E-state index in [1.165, 1.54) is 11.3 Å². The van der Waals surface area contributed by atoms with E-state index in [1.54, 1.807) is 24.3 Å². The van der Waals surface area contributed by atoms with E-state index in [1.807, 2.05) is 19.1 Å². The number of aliphatic carboxylic acids is 1. The van der Waals surface area contributed by atoms with Crippen LogP contribution in [0.5, 0.6) is 5.75 Å². The largest absolute Gasteiger partial charge is 0.488 e. The minimum absolute atomic E-state index is 0.0225. The van der Waals surface area contributed by atoms with Gasteiger partial charge in [-0.25, -0.2) is 9.97 Å². The molecule has 0 aliphatic rings. The summed E-state index contributed by atoms with van der Waals surface area (Å²) < 4.78 is 44.2. The first kappa shape index (κ1) is 21.8. The van der Waals surface area contributed by atoms with Crippen molar-refractivity contribution >= 4 is 17.3 Å². The maximum absolute atomic E-state index is 12.8. The molecule has 0 aliphatic carbocycles. The first-order chi connectivity index (χ1) is 14.3. The van der Waals surface area contributed by atoms with E-state index in [9.17, 15) is 18.0 Å². The van der Waals surface area contributed by atoms with Gasteiger partial charge in [0.1, 0.15) is 18.1 Å². The number of ether oxygens (including phenoxy) is 1. The van der Waals surface area contributed by atoms with E-state index in [-0.39, 0.29) is 12.4 Å². The SMILES string of the molecule is CCC(Cc1ccc(OCc2ccc(-c3nccc(C(F)(F)F)n3)s2)cc1)C(=O)O. The number of rotatable bonds is 8. The minimum Gasteiger partial charge on any atom is -0.488 e. The highest BCUT2D eigenvalue weighted by atomic mass is 32.1. The lowest BCUT2D eigenvalue weighted by Gasteiger charge is -2.10. The smallest absolute Gasteiger partial charge is 0.433 e. The molecule has 0 saturated carbocycles. The Kier molecular flexibility index (Phi) is 6.71. The number of benzene rings is 1. The number of hydrogen-bond donors (Lipinski definition) is 1. The summed E-state index contributed by atoms with van der Waals surface area (Å²) >= 11 is 1.26. The normalized spacial score (nSPS) is 12.5. The number of halogens is 3. The van der Waals surface area contributed by atoms with Crippen molar-refractivity contribution in [1.29, 1.82) is 0 Å². The number of carboxylic acid groups (broad SMARTS) is 1. The topological polar surface area (TPSA) is 72.3 Å². The molecule has 0 spiro atoms. The summed E-state index contributed by atoms with van der Waals surface area (Å²) in [7, 11) is 0. The highest BCUT2D eigenvalue weighted by Crippen LogP contribution is 2.31. The molecule has 0 radical (unpaired) electrons. The molecule has 9 heteroatoms. The first-order valence-electron chi connectivity index (χ1n) is 9.20. The van der Waals surface area contributed by atoms with Gasteiger partial charge in [0.05, 0.1) is 10.8 Å². The fourth-order valence-electron chi connectivity index (χ4n) is 2.78. The van der Waals surface area contributed by atoms with Gasteiger partial charge in [0.25, 0.3) is 0 Å². The van der Waals surface area contributed by atoms with Crippen LogP contribution in [0.3, 0.4) is 0 Å². The zero-order valence-corrected chi connectivity index (χ0v) is 16.8. The molecule has 3 aromatic rings. The van der Waals surface area contributed by atoms with Crippen LogP contribution in [-0.2, 0) is 24.0 Å². The molecule has 0 fully saturated rings. The monoisotopic (exact) mass is 436 g/mol. The third-order valence-corrected chi connectivity index (χ3v) is 5.51. The maximum Gasteiger partial charge on any atom is 0.433 e. The zero-order chi connectivity index (χ0) is 21.7. The second-order valence-electron chi connectivity index (χ2n) is 6.61. The maximum atomic E-state index is 12.8. The van der Waals surface area contributed by atoms with E-state index in [0.29, 0.717) is 23.5 Å². The molecule has 2 aromatic heterocycles. The standard InChI is InChI=1S/C21H19F3N2O3S/c1-2-14(20(27)28)11-13-3-5-15(6-4-13)29-12-16-7-8-17(30-16)19-25-10-9-18(26-19)21(22,23)24/h3-10,14H,2,11-12H2,1H3,(H,27,28). The Bertz CT molecular complexity index is 1000. The third-order valence-electron chi connectivity index (χ3n) is 4.46. The number of hydrogen-bond acceptors (Lipinski definition) is 5. The van der Waals surface area contributed by atoms with Crippen LogP contribution in [0.15, 0.2) is 48.7 Å². The summed E-state index contributed by atoms with van der Waals surface area (Å²) in [6.45, 7) is 2.09. The minimum atomic E-state index is -4.52. The van der Waals surface area contributed by atoms with Crippen molar-refractivity contribution in [2.45, 2.75) is 32.5 Å². The average Bonchev–Trinajstić information content (AvgIpc) is 3.20. The van der Waals surface area contributed by atoms with Crippen LogP contribution < -0.4 is 4.74 Å². The molecule has 1 atom stereocenters. The zero-order valence-electron chi connectivity index (χ0n) is 16.0. The van der Waals surface area contributed by atoms with Crippen molar-refractivity contribution in [3.05, 3.63) is 64.8 Å². The van der Waals surface area contributed by atoms with Crippen LogP contribution >= 0.6 is 11.3 Å². The van der Waals surface area contributed by atoms with Gasteiger partial charge in [-0.2, -0.15) is 13.2 Å². The van der Waals surface area contributed by atoms with Gasteiger partial charge in [-0.15, -0.1) is 11.3 Å². The Morgan fingerprint density at radius 3 is 2.53 bits per heavy atom. The molecule has 0 bridgehead atoms. The van der Waals surface area contributed by atoms with E-state index in [2.05, 4.69) is 9.97 Å². The van der Waals surface area contributed by atoms with Gasteiger partial charge < -0.3 is 9.84 Å². The Hall–Kier alpha value is -2.94. The number of carbonyl (C=O) groups is 1. The summed E-state index contributed by atoms with van der Waals surface area (Å²) in [6.07, 6.45) is -2.41. The summed E-state index contributed by atoms with van der Waals surface area (Å²) in [5.74, 6) is -0.586. The third kappa shape index (κ3) is 5.56. The van der Waals surface area contributed by atoms with Crippen molar-refractivity contribution in [1.82, 2.24) is 9.97 Å². The molecule has 30 heavy (non-hydrogen) atoms. The molecule has 0 aliphatic heterocycles. The predicted octanol–water partition coefficient (Wildman–Crippen LogP) is 5.46. The molecule has 0 amide bonds. The Morgan fingerprint density at radius 1 is 1.17 bits per heavy atom. The number of nitrogens with zero attached hydrogens (tertiary/aromatic N) is 2. The van der Waals surface area contributed by atoms with E-state index in [4.69, 9.17) is 9.84 Å². The van der Waals surface area contributed by atoms with E-state index in [0.717, 1.165) is 22.7 Å². The van der Waals surface area contributed by atoms with Crippen molar-refractivity contribution in [2.75, 3.05) is 0 Å². The Morgan fingerprint density at radius 2 is 1.90 bits per heavy atom. The molecule has 1 N–H and O–H groups in total. The lowest BCUT2D eigenvalue weighted by molar-refractivity contribution is -0.142. The molecule has 1 unspecified atom stereocenters. The van der Waals surface area contributed by atoms with E-state index < -0.39 is 23.8 Å². The second kappa shape index (κ2) is 9.25. The fraction of sp³-hybridized carbons (Fsp3) is 0.286. The van der Waals surface area contributed by atoms with Crippen LogP contribution in [0.2, 0.25) is 0 Å². The number of carboxylic acids is 1. The molecular weight excluding hydrogens is 417 g/mol. The molecule has 5 nitrogen and oxygen atoms in total. The molecule has 0 saturated heterocycles. The van der Waals surface area contributed by atoms with E-state index >= 15 is 0 Å². The van der Waals surface area contributed by atoms with Crippen LogP contribution in [0, 0.1) is 5.92 Å². The van der Waals surface area contributed by atoms with Gasteiger partial charge in [0.15, 0.2) is 5.82 Å². The molecule has 1 aromatic carbocycles. The van der Waals surface area contributed by atoms with Crippen molar-refractivity contribution in [2.24, 2.45) is 5.92 Å². The fourth-order valence-corrected chi connectivity index (χ4v) is 3.64. The van der Waals surface area contributed by atoms with Crippen molar-refractivity contribution in [3.8, 4) is 16.5 Å². The highest BCUT2D eigenvalue weighted by Gasteiger charge is 2.32. The lowest BCUT2D eigenvalue weighted by Crippen LogP contribution is -2.15. The molecule has 158 valence electrons. The Balaban J connectivity index is 1.61. The highest BCUT2D eigenvalue weighted by molar-refractivity contribution is 7.15. The Labute approximate surface area is 175 Å². The van der Waals surface area contributed by atoms with Crippen LogP contribution in [-0.4, -0.2) is 21.0 Å². The summed E-state index contributed by atoms with van der Waals surface area (Å²) in [5.41, 5.74) is -0.0660. The quantitative estimate of drug-likeness (QED) is 0.508. The summed E-state index contributed by atoms with van der Waals surface area (Å²) in [5, 5.41) is 9.15. The number of alkyl halides is 3. The van der Waals surface area contributed by atoms with Gasteiger partial charge in [-0.3, -0.25) is 4.79 Å². The summed E-state index contributed by atoms with van der Waals surface area (Å²) in [6, 6.07) is 11.5. The average molecular weight is 436 g/mol. The second-order valence-corrected chi connectivity index (χ2v) is 7.78. The molecule has 3 rings (SSSR count). The molecule has 2 heterocycles. The van der Waals surface area contributed by atoms with Gasteiger partial charge in [0.2, 0.25) is 0 Å². The van der Waals surface area contributed by atoms with Gasteiger partial charge in [-0.05, 0) is 48.7 Å². The van der Waals surface area contributed by atoms with Gasteiger partial charge in [0, 0.05) is 11.1 Å². The van der Waals surface area contributed by atoms with Gasteiger partial charge in [-0.1, -0.05) is 19.1 Å². The summed E-state index contributed by atoms with van der Waals surface area (Å²) in [4.78, 5) is 20.0. The first-order valence-corrected chi connectivity index (χ1v) is 10.0. The van der Waals surface area contributed by atoms with Crippen LogP contribution in [0.25, 0.3) is 10.7 Å². The number of aromatic nitrogens is 2.